The average Bonchev–Trinajstić information content (AvgIpc) is 2.10. The summed E-state index contributed by atoms with van der Waals surface area (Å²) in [6.07, 6.45) is 3.47. The second-order valence-corrected chi connectivity index (χ2v) is 2.61. The van der Waals surface area contributed by atoms with Gasteiger partial charge in [0.1, 0.15) is 5.78 Å². The van der Waals surface area contributed by atoms with Crippen molar-refractivity contribution in [2.45, 2.75) is 32.2 Å². The lowest BCUT2D eigenvalue weighted by atomic mass is 10.0. The number of hydrogen-bond donors (Lipinski definition) is 1. The summed E-state index contributed by atoms with van der Waals surface area (Å²) in [5, 5.41) is 3.17. The van der Waals surface area contributed by atoms with Crippen molar-refractivity contribution >= 4 is 5.78 Å². The van der Waals surface area contributed by atoms with Crippen molar-refractivity contribution < 1.29 is 6.22 Å². The number of rotatable bonds is 1. The molecule has 1 atom stereocenters. The summed E-state index contributed by atoms with van der Waals surface area (Å²) < 4.78 is 0. The third-order valence-electron chi connectivity index (χ3n) is 1.80. The van der Waals surface area contributed by atoms with Gasteiger partial charge in [-0.3, -0.25) is 4.79 Å². The highest BCUT2D eigenvalue weighted by atomic mass is 16.1. The zero-order valence-corrected chi connectivity index (χ0v) is 7.23. The zero-order valence-electron chi connectivity index (χ0n) is 7.23. The van der Waals surface area contributed by atoms with Gasteiger partial charge in [0.05, 0.1) is 6.04 Å². The van der Waals surface area contributed by atoms with E-state index in [9.17, 15) is 4.79 Å². The third-order valence-corrected chi connectivity index (χ3v) is 1.80. The van der Waals surface area contributed by atoms with Crippen LogP contribution in [0.2, 0.25) is 0 Å². The van der Waals surface area contributed by atoms with Crippen LogP contribution in [0.5, 0.6) is 0 Å². The fourth-order valence-electron chi connectivity index (χ4n) is 1.20. The Morgan fingerprint density at radius 3 is 2.45 bits per heavy atom. The first-order valence-electron chi connectivity index (χ1n) is 4.04. The standard InChI is InChI=1S/C7H13NO.C2H4.H2/c1-6(9)7-4-2-3-5-8-7;1-2;/h7-8H,2-5H2,1H3;1-2H2;1H. The Kier molecular flexibility index (Phi) is 5.75. The molecule has 0 aliphatic carbocycles. The molecule has 0 aromatic carbocycles. The van der Waals surface area contributed by atoms with Crippen LogP contribution in [0, 0.1) is 0 Å². The van der Waals surface area contributed by atoms with Crippen molar-refractivity contribution in [3.8, 4) is 0 Å². The number of carbonyl (C=O) groups is 1. The van der Waals surface area contributed by atoms with Crippen LogP contribution in [-0.4, -0.2) is 18.4 Å². The fraction of sp³-hybridized carbons (Fsp3) is 0.667. The highest BCUT2D eigenvalue weighted by molar-refractivity contribution is 5.81. The summed E-state index contributed by atoms with van der Waals surface area (Å²) in [5.41, 5.74) is 0. The molecule has 1 aliphatic heterocycles. The van der Waals surface area contributed by atoms with Gasteiger partial charge in [-0.1, -0.05) is 6.42 Å². The first-order chi connectivity index (χ1) is 5.30. The molecule has 1 rings (SSSR count). The van der Waals surface area contributed by atoms with Gasteiger partial charge < -0.3 is 5.32 Å². The molecule has 1 fully saturated rings. The van der Waals surface area contributed by atoms with Gasteiger partial charge >= 0.3 is 0 Å². The Morgan fingerprint density at radius 1 is 1.55 bits per heavy atom. The van der Waals surface area contributed by atoms with E-state index in [1.165, 1.54) is 12.8 Å². The van der Waals surface area contributed by atoms with Crippen molar-refractivity contribution in [1.82, 2.24) is 5.32 Å². The molecule has 1 N–H and O–H groups in total. The molecule has 1 unspecified atom stereocenters. The van der Waals surface area contributed by atoms with Gasteiger partial charge in [-0.05, 0) is 26.3 Å². The Hall–Kier alpha value is -0.630. The van der Waals surface area contributed by atoms with Gasteiger partial charge in [-0.25, -0.2) is 0 Å². The Labute approximate surface area is 70.2 Å². The summed E-state index contributed by atoms with van der Waals surface area (Å²) in [4.78, 5) is 10.7. The van der Waals surface area contributed by atoms with Crippen molar-refractivity contribution in [2.24, 2.45) is 0 Å². The highest BCUT2D eigenvalue weighted by Crippen LogP contribution is 2.06. The minimum atomic E-state index is 0. The van der Waals surface area contributed by atoms with Crippen molar-refractivity contribution in [2.75, 3.05) is 6.54 Å². The van der Waals surface area contributed by atoms with E-state index in [-0.39, 0.29) is 13.3 Å². The van der Waals surface area contributed by atoms with Gasteiger partial charge in [0, 0.05) is 1.43 Å². The van der Waals surface area contributed by atoms with E-state index in [0.717, 1.165) is 13.0 Å². The maximum Gasteiger partial charge on any atom is 0.146 e. The quantitative estimate of drug-likeness (QED) is 0.588. The van der Waals surface area contributed by atoms with E-state index in [4.69, 9.17) is 0 Å². The molecule has 0 radical (unpaired) electrons. The molecule has 2 nitrogen and oxygen atoms in total. The maximum absolute atomic E-state index is 10.7. The topological polar surface area (TPSA) is 29.1 Å². The van der Waals surface area contributed by atoms with Crippen molar-refractivity contribution in [3.05, 3.63) is 13.2 Å². The van der Waals surface area contributed by atoms with Crippen LogP contribution in [0.4, 0.5) is 0 Å². The first kappa shape index (κ1) is 10.4. The molecular formula is C9H19NO. The number of piperidine rings is 1. The normalized spacial score (nSPS) is 23.2. The van der Waals surface area contributed by atoms with Crippen LogP contribution in [-0.2, 0) is 4.79 Å². The molecule has 0 aromatic rings. The van der Waals surface area contributed by atoms with E-state index in [0.29, 0.717) is 0 Å². The lowest BCUT2D eigenvalue weighted by Gasteiger charge is -2.20. The maximum atomic E-state index is 10.7. The van der Waals surface area contributed by atoms with Crippen molar-refractivity contribution in [1.29, 1.82) is 0 Å². The number of Topliss-reactive ketones (excluding diaryl/α,β-unsaturated/α-hetero) is 1. The highest BCUT2D eigenvalue weighted by Gasteiger charge is 2.15. The van der Waals surface area contributed by atoms with Crippen LogP contribution in [0.15, 0.2) is 13.2 Å². The molecule has 0 saturated carbocycles. The van der Waals surface area contributed by atoms with E-state index < -0.39 is 0 Å². The Bertz CT molecular complexity index is 122. The summed E-state index contributed by atoms with van der Waals surface area (Å²) >= 11 is 0. The predicted octanol–water partition coefficient (Wildman–Crippen LogP) is 1.77. The van der Waals surface area contributed by atoms with Crippen molar-refractivity contribution in [3.63, 3.8) is 0 Å². The fourth-order valence-corrected chi connectivity index (χ4v) is 1.20. The summed E-state index contributed by atoms with van der Waals surface area (Å²) in [5.74, 6) is 0.287. The zero-order chi connectivity index (χ0) is 8.69. The average molecular weight is 157 g/mol. The minimum Gasteiger partial charge on any atom is -0.307 e. The van der Waals surface area contributed by atoms with E-state index in [2.05, 4.69) is 18.5 Å². The lowest BCUT2D eigenvalue weighted by Crippen LogP contribution is -2.38. The van der Waals surface area contributed by atoms with Crippen LogP contribution in [0.25, 0.3) is 0 Å². The molecule has 66 valence electrons. The minimum absolute atomic E-state index is 0. The third kappa shape index (κ3) is 3.94. The number of carbonyl (C=O) groups excluding carboxylic acids is 1. The number of nitrogens with one attached hydrogen (secondary N) is 1. The van der Waals surface area contributed by atoms with E-state index >= 15 is 0 Å². The predicted molar refractivity (Wildman–Crippen MR) is 49.7 cm³/mol. The largest absolute Gasteiger partial charge is 0.307 e. The monoisotopic (exact) mass is 157 g/mol. The summed E-state index contributed by atoms with van der Waals surface area (Å²) in [7, 11) is 0. The molecule has 0 spiro atoms. The molecule has 11 heavy (non-hydrogen) atoms. The Morgan fingerprint density at radius 2 is 2.18 bits per heavy atom. The molecule has 1 heterocycles. The van der Waals surface area contributed by atoms with Gasteiger partial charge in [0.15, 0.2) is 0 Å². The smallest absolute Gasteiger partial charge is 0.146 e. The molecule has 1 aliphatic rings. The van der Waals surface area contributed by atoms with Gasteiger partial charge in [0.2, 0.25) is 0 Å². The van der Waals surface area contributed by atoms with Crippen LogP contribution in [0.1, 0.15) is 27.6 Å². The molecule has 0 amide bonds. The van der Waals surface area contributed by atoms with E-state index in [1.807, 2.05) is 0 Å². The SMILES string of the molecule is C=C.CC(=O)C1CCCCN1.[HH]. The van der Waals surface area contributed by atoms with Gasteiger partial charge in [-0.15, -0.1) is 13.2 Å². The second kappa shape index (κ2) is 6.10. The Balaban J connectivity index is 0. The van der Waals surface area contributed by atoms with Crippen LogP contribution < -0.4 is 5.32 Å². The number of ketones is 1. The van der Waals surface area contributed by atoms with Crippen LogP contribution in [0.3, 0.4) is 0 Å². The molecule has 2 heteroatoms. The first-order valence-corrected chi connectivity index (χ1v) is 4.04. The van der Waals surface area contributed by atoms with Gasteiger partial charge in [0.25, 0.3) is 0 Å². The summed E-state index contributed by atoms with van der Waals surface area (Å²) in [6, 6.07) is 0.166. The van der Waals surface area contributed by atoms with Crippen LogP contribution >= 0.6 is 0 Å². The number of hydrogen-bond acceptors (Lipinski definition) is 2. The van der Waals surface area contributed by atoms with E-state index in [1.54, 1.807) is 6.92 Å². The molecule has 0 bridgehead atoms. The lowest BCUT2D eigenvalue weighted by molar-refractivity contribution is -0.119. The molecule has 1 saturated heterocycles. The summed E-state index contributed by atoms with van der Waals surface area (Å²) in [6.45, 7) is 8.67. The van der Waals surface area contributed by atoms with Gasteiger partial charge in [-0.2, -0.15) is 0 Å². The second-order valence-electron chi connectivity index (χ2n) is 2.61. The molecule has 0 aromatic heterocycles. The molecular weight excluding hydrogens is 138 g/mol.